The molecule has 270 valence electrons. The van der Waals surface area contributed by atoms with Gasteiger partial charge in [-0.25, -0.2) is 0 Å². The number of halogens is 2. The predicted molar refractivity (Wildman–Crippen MR) is 224 cm³/mol. The lowest BCUT2D eigenvalue weighted by atomic mass is 9.86. The van der Waals surface area contributed by atoms with E-state index in [0.29, 0.717) is 6.04 Å². The Morgan fingerprint density at radius 3 is 1.05 bits per heavy atom. The summed E-state index contributed by atoms with van der Waals surface area (Å²) < 4.78 is 0. The van der Waals surface area contributed by atoms with Crippen LogP contribution in [0.1, 0.15) is 144 Å². The highest BCUT2D eigenvalue weighted by atomic mass is 128. The first-order valence-electron chi connectivity index (χ1n) is 18.6. The number of piperidine rings is 1. The Kier molecular flexibility index (Phi) is 40.0. The molecule has 0 aromatic carbocycles. The van der Waals surface area contributed by atoms with Gasteiger partial charge < -0.3 is 4.90 Å². The molecule has 0 saturated carbocycles. The highest BCUT2D eigenvalue weighted by molar-refractivity contribution is 15.0. The van der Waals surface area contributed by atoms with Gasteiger partial charge in [0.25, 0.3) is 0 Å². The summed E-state index contributed by atoms with van der Waals surface area (Å²) in [5.74, 6) is 2.62. The summed E-state index contributed by atoms with van der Waals surface area (Å²) >= 11 is 4.24. The molecule has 0 N–H and O–H groups in total. The van der Waals surface area contributed by atoms with E-state index in [9.17, 15) is 0 Å². The third-order valence-electron chi connectivity index (χ3n) is 8.80. The first kappa shape index (κ1) is 51.9. The zero-order chi connectivity index (χ0) is 35.4. The first-order chi connectivity index (χ1) is 20.8. The van der Waals surface area contributed by atoms with E-state index < -0.39 is 0 Å². The maximum absolute atomic E-state index is 2.60. The summed E-state index contributed by atoms with van der Waals surface area (Å²) in [6.07, 6.45) is 6.51. The fourth-order valence-corrected chi connectivity index (χ4v) is 5.57. The van der Waals surface area contributed by atoms with Crippen LogP contribution in [0.2, 0.25) is 0 Å². The van der Waals surface area contributed by atoms with Crippen molar-refractivity contribution in [3.63, 3.8) is 0 Å². The van der Waals surface area contributed by atoms with E-state index in [1.165, 1.54) is 65.1 Å². The van der Waals surface area contributed by atoms with Crippen molar-refractivity contribution in [1.29, 1.82) is 0 Å². The molecule has 44 heavy (non-hydrogen) atoms. The summed E-state index contributed by atoms with van der Waals surface area (Å²) in [4.78, 5) is 10.2. The van der Waals surface area contributed by atoms with Crippen LogP contribution in [-0.4, -0.2) is 96.1 Å². The second-order valence-electron chi connectivity index (χ2n) is 13.2. The van der Waals surface area contributed by atoms with Crippen molar-refractivity contribution < 1.29 is 0 Å². The van der Waals surface area contributed by atoms with Crippen molar-refractivity contribution in [2.24, 2.45) is 17.8 Å². The minimum absolute atomic E-state index is 0.704. The highest BCUT2D eigenvalue weighted by Crippen LogP contribution is 2.25. The third-order valence-corrected chi connectivity index (χ3v) is 8.80. The van der Waals surface area contributed by atoms with E-state index in [-0.39, 0.29) is 0 Å². The normalized spacial score (nSPS) is 18.4. The number of likely N-dealkylation sites (tertiary alicyclic amines) is 1. The smallest absolute Gasteiger partial charge is 0.0168 e. The molecule has 0 aromatic rings. The largest absolute Gasteiger partial charge is 0.301 e. The molecule has 0 unspecified atom stereocenters. The second kappa shape index (κ2) is 33.9. The Hall–Kier alpha value is 1.04. The van der Waals surface area contributed by atoms with Crippen LogP contribution in [-0.2, 0) is 0 Å². The minimum Gasteiger partial charge on any atom is -0.301 e. The summed E-state index contributed by atoms with van der Waals surface area (Å²) in [5, 5.41) is 0. The van der Waals surface area contributed by atoms with E-state index in [2.05, 4.69) is 146 Å². The maximum atomic E-state index is 2.60. The Balaban J connectivity index is -0.000000244. The molecular weight excluding hydrogens is 766 g/mol. The van der Waals surface area contributed by atoms with Crippen LogP contribution in [0, 0.1) is 17.8 Å². The van der Waals surface area contributed by atoms with Gasteiger partial charge in [-0.15, -0.1) is 0 Å². The van der Waals surface area contributed by atoms with Crippen LogP contribution in [0.4, 0.5) is 0 Å². The van der Waals surface area contributed by atoms with Crippen LogP contribution in [0.3, 0.4) is 0 Å². The number of hydrogen-bond donors (Lipinski definition) is 0. The van der Waals surface area contributed by atoms with Crippen LogP contribution in [0.15, 0.2) is 11.6 Å². The lowest BCUT2D eigenvalue weighted by molar-refractivity contribution is 0.0887. The van der Waals surface area contributed by atoms with Crippen molar-refractivity contribution >= 4 is 37.2 Å². The highest BCUT2D eigenvalue weighted by Gasteiger charge is 2.22. The molecule has 0 amide bonds. The van der Waals surface area contributed by atoms with Crippen molar-refractivity contribution in [2.45, 2.75) is 168 Å². The van der Waals surface area contributed by atoms with Crippen molar-refractivity contribution in [3.8, 4) is 0 Å². The molecule has 3 heterocycles. The quantitative estimate of drug-likeness (QED) is 0.195. The Morgan fingerprint density at radius 2 is 0.818 bits per heavy atom. The summed E-state index contributed by atoms with van der Waals surface area (Å²) in [7, 11) is 0. The molecule has 0 aromatic heterocycles. The van der Waals surface area contributed by atoms with E-state index in [4.69, 9.17) is 0 Å². The SMILES string of the molecule is CC.CC.CC.CC(C)C1=CCN(C(C)C)CC1.CC(C)C1CCN(C(C)C)CC1.CC(C)N1CCN(C(C)C)CC1.II. The van der Waals surface area contributed by atoms with Crippen LogP contribution in [0.5, 0.6) is 0 Å². The maximum Gasteiger partial charge on any atom is 0.0168 e. The zero-order valence-electron chi connectivity index (χ0n) is 33.4. The second-order valence-corrected chi connectivity index (χ2v) is 13.2. The Morgan fingerprint density at radius 1 is 0.500 bits per heavy atom. The molecule has 0 spiro atoms. The average molecular weight is 851 g/mol. The van der Waals surface area contributed by atoms with Gasteiger partial charge in [0.15, 0.2) is 0 Å². The Bertz CT molecular complexity index is 526. The van der Waals surface area contributed by atoms with E-state index in [0.717, 1.165) is 42.4 Å². The molecule has 4 nitrogen and oxygen atoms in total. The summed E-state index contributed by atoms with van der Waals surface area (Å²) in [6.45, 7) is 49.6. The molecule has 3 aliphatic rings. The topological polar surface area (TPSA) is 13.0 Å². The number of piperazine rings is 1. The average Bonchev–Trinajstić information content (AvgIpc) is 3.05. The molecule has 3 aliphatic heterocycles. The van der Waals surface area contributed by atoms with Crippen LogP contribution >= 0.6 is 37.2 Å². The molecule has 6 heteroatoms. The van der Waals surface area contributed by atoms with Gasteiger partial charge in [-0.3, -0.25) is 14.7 Å². The van der Waals surface area contributed by atoms with Crippen LogP contribution in [0.25, 0.3) is 0 Å². The van der Waals surface area contributed by atoms with Gasteiger partial charge in [-0.05, 0) is 105 Å². The Labute approximate surface area is 304 Å². The molecule has 2 fully saturated rings. The molecular formula is C38H84I2N4. The standard InChI is InChI=1S/C11H23N.C11H21N.C10H22N2.3C2H6.I2/c3*1-9(2)11-5-7-12(8-6-11)10(3)4;4*1-2/h9-11H,5-8H2,1-4H3;5,9-10H,6-8H2,1-4H3;9-10H,5-8H2,1-4H3;3*1-2H3;. The van der Waals surface area contributed by atoms with Gasteiger partial charge in [0, 0.05) is 101 Å². The molecule has 0 radical (unpaired) electrons. The van der Waals surface area contributed by atoms with Gasteiger partial charge in [-0.2, -0.15) is 0 Å². The lowest BCUT2D eigenvalue weighted by Crippen LogP contribution is -2.50. The zero-order valence-corrected chi connectivity index (χ0v) is 37.8. The fourth-order valence-electron chi connectivity index (χ4n) is 5.57. The van der Waals surface area contributed by atoms with Gasteiger partial charge in [-0.1, -0.05) is 80.9 Å². The monoisotopic (exact) mass is 850 g/mol. The van der Waals surface area contributed by atoms with Gasteiger partial charge in [0.05, 0.1) is 0 Å². The van der Waals surface area contributed by atoms with E-state index in [1.807, 2.05) is 41.5 Å². The van der Waals surface area contributed by atoms with Gasteiger partial charge >= 0.3 is 0 Å². The van der Waals surface area contributed by atoms with E-state index in [1.54, 1.807) is 5.57 Å². The lowest BCUT2D eigenvalue weighted by Gasteiger charge is -2.38. The van der Waals surface area contributed by atoms with Gasteiger partial charge in [0.2, 0.25) is 0 Å². The fraction of sp³-hybridized carbons (Fsp3) is 0.947. The molecule has 2 saturated heterocycles. The number of nitrogens with zero attached hydrogens (tertiary/aromatic N) is 4. The van der Waals surface area contributed by atoms with Crippen molar-refractivity contribution in [2.75, 3.05) is 52.4 Å². The van der Waals surface area contributed by atoms with Crippen molar-refractivity contribution in [1.82, 2.24) is 19.6 Å². The first-order valence-corrected chi connectivity index (χ1v) is 24.9. The van der Waals surface area contributed by atoms with E-state index >= 15 is 0 Å². The predicted octanol–water partition coefficient (Wildman–Crippen LogP) is 11.7. The molecule has 0 atom stereocenters. The summed E-state index contributed by atoms with van der Waals surface area (Å²) in [6, 6.07) is 2.90. The number of hydrogen-bond acceptors (Lipinski definition) is 4. The molecule has 0 bridgehead atoms. The van der Waals surface area contributed by atoms with Crippen molar-refractivity contribution in [3.05, 3.63) is 11.6 Å². The number of rotatable bonds is 6. The molecule has 0 aliphatic carbocycles. The minimum atomic E-state index is 0.704. The van der Waals surface area contributed by atoms with Crippen LogP contribution < -0.4 is 0 Å². The summed E-state index contributed by atoms with van der Waals surface area (Å²) in [5.41, 5.74) is 1.65. The van der Waals surface area contributed by atoms with Gasteiger partial charge in [0.1, 0.15) is 0 Å². The third kappa shape index (κ3) is 25.1. The molecule has 3 rings (SSSR count).